The molecule has 100 valence electrons. The van der Waals surface area contributed by atoms with Crippen molar-refractivity contribution in [1.29, 1.82) is 0 Å². The minimum absolute atomic E-state index is 0.0593. The molecule has 2 N–H and O–H groups in total. The Kier molecular flexibility index (Phi) is 5.40. The molecule has 1 rings (SSSR count). The van der Waals surface area contributed by atoms with Gasteiger partial charge in [0.05, 0.1) is 6.42 Å². The SMILES string of the molecule is CCC(CC(=O)O)NC(=O)c1cc(Br)cn1CC. The fourth-order valence-corrected chi connectivity index (χ4v) is 2.16. The molecule has 0 aliphatic carbocycles. The number of nitrogens with zero attached hydrogens (tertiary/aromatic N) is 1. The summed E-state index contributed by atoms with van der Waals surface area (Å²) in [5.41, 5.74) is 0.535. The number of carboxylic acid groups (broad SMARTS) is 1. The predicted octanol–water partition coefficient (Wildman–Crippen LogP) is 2.25. The van der Waals surface area contributed by atoms with Crippen molar-refractivity contribution in [2.75, 3.05) is 0 Å². The summed E-state index contributed by atoms with van der Waals surface area (Å²) in [6.45, 7) is 4.48. The topological polar surface area (TPSA) is 71.3 Å². The Bertz CT molecular complexity index is 443. The van der Waals surface area contributed by atoms with E-state index in [1.165, 1.54) is 0 Å². The standard InChI is InChI=1S/C12H17BrN2O3/c1-3-9(6-11(16)17)14-12(18)10-5-8(13)7-15(10)4-2/h5,7,9H,3-4,6H2,1-2H3,(H,14,18)(H,16,17). The second kappa shape index (κ2) is 6.58. The molecule has 1 heterocycles. The van der Waals surface area contributed by atoms with Gasteiger partial charge in [-0.3, -0.25) is 9.59 Å². The van der Waals surface area contributed by atoms with Crippen molar-refractivity contribution in [2.24, 2.45) is 0 Å². The summed E-state index contributed by atoms with van der Waals surface area (Å²) in [6, 6.07) is 1.39. The molecule has 1 aromatic heterocycles. The van der Waals surface area contributed by atoms with Gasteiger partial charge in [0.1, 0.15) is 5.69 Å². The van der Waals surface area contributed by atoms with Gasteiger partial charge in [-0.25, -0.2) is 0 Å². The van der Waals surface area contributed by atoms with E-state index in [1.807, 2.05) is 24.6 Å². The van der Waals surface area contributed by atoms with Gasteiger partial charge in [-0.05, 0) is 35.3 Å². The lowest BCUT2D eigenvalue weighted by atomic mass is 10.1. The fraction of sp³-hybridized carbons (Fsp3) is 0.500. The van der Waals surface area contributed by atoms with Crippen LogP contribution in [0.4, 0.5) is 0 Å². The largest absolute Gasteiger partial charge is 0.481 e. The molecule has 6 heteroatoms. The number of hydrogen-bond acceptors (Lipinski definition) is 2. The van der Waals surface area contributed by atoms with Gasteiger partial charge >= 0.3 is 5.97 Å². The van der Waals surface area contributed by atoms with Crippen LogP contribution in [0.2, 0.25) is 0 Å². The van der Waals surface area contributed by atoms with Crippen LogP contribution in [0.15, 0.2) is 16.7 Å². The Labute approximate surface area is 114 Å². The summed E-state index contributed by atoms with van der Waals surface area (Å²) >= 11 is 3.32. The molecule has 0 fully saturated rings. The normalized spacial score (nSPS) is 12.2. The number of amides is 1. The summed E-state index contributed by atoms with van der Waals surface area (Å²) in [5.74, 6) is -1.15. The van der Waals surface area contributed by atoms with Crippen LogP contribution in [0.5, 0.6) is 0 Å². The zero-order valence-corrected chi connectivity index (χ0v) is 12.0. The Balaban J connectivity index is 2.77. The number of aryl methyl sites for hydroxylation is 1. The van der Waals surface area contributed by atoms with E-state index in [4.69, 9.17) is 5.11 Å². The van der Waals surface area contributed by atoms with Crippen molar-refractivity contribution in [3.8, 4) is 0 Å². The summed E-state index contributed by atoms with van der Waals surface area (Å²) in [4.78, 5) is 22.7. The van der Waals surface area contributed by atoms with Crippen molar-refractivity contribution >= 4 is 27.8 Å². The van der Waals surface area contributed by atoms with E-state index in [1.54, 1.807) is 6.07 Å². The van der Waals surface area contributed by atoms with Crippen molar-refractivity contribution in [2.45, 2.75) is 39.3 Å². The number of aliphatic carboxylic acids is 1. The summed E-state index contributed by atoms with van der Waals surface area (Å²) in [6.07, 6.45) is 2.36. The van der Waals surface area contributed by atoms with Gasteiger partial charge in [-0.1, -0.05) is 6.92 Å². The first kappa shape index (κ1) is 14.8. The van der Waals surface area contributed by atoms with E-state index in [9.17, 15) is 9.59 Å². The van der Waals surface area contributed by atoms with Crippen LogP contribution in [0, 0.1) is 0 Å². The maximum absolute atomic E-state index is 12.0. The lowest BCUT2D eigenvalue weighted by molar-refractivity contribution is -0.137. The summed E-state index contributed by atoms with van der Waals surface area (Å²) in [7, 11) is 0. The van der Waals surface area contributed by atoms with Gasteiger partial charge in [0, 0.05) is 23.3 Å². The number of rotatable bonds is 6. The van der Waals surface area contributed by atoms with Crippen LogP contribution in [0.1, 0.15) is 37.2 Å². The molecule has 0 aliphatic heterocycles. The average molecular weight is 317 g/mol. The van der Waals surface area contributed by atoms with Crippen LogP contribution >= 0.6 is 15.9 Å². The number of halogens is 1. The van der Waals surface area contributed by atoms with Crippen LogP contribution in [0.3, 0.4) is 0 Å². The highest BCUT2D eigenvalue weighted by Gasteiger charge is 2.18. The molecule has 18 heavy (non-hydrogen) atoms. The minimum Gasteiger partial charge on any atom is -0.481 e. The van der Waals surface area contributed by atoms with Crippen LogP contribution < -0.4 is 5.32 Å². The predicted molar refractivity (Wildman–Crippen MR) is 71.6 cm³/mol. The summed E-state index contributed by atoms with van der Waals surface area (Å²) in [5, 5.41) is 11.5. The minimum atomic E-state index is -0.908. The zero-order chi connectivity index (χ0) is 13.7. The highest BCUT2D eigenvalue weighted by atomic mass is 79.9. The second-order valence-corrected chi connectivity index (χ2v) is 4.92. The van der Waals surface area contributed by atoms with E-state index in [-0.39, 0.29) is 18.4 Å². The van der Waals surface area contributed by atoms with E-state index in [2.05, 4.69) is 21.2 Å². The molecule has 1 aromatic rings. The third-order valence-electron chi connectivity index (χ3n) is 2.69. The van der Waals surface area contributed by atoms with Gasteiger partial charge < -0.3 is 15.0 Å². The molecule has 1 unspecified atom stereocenters. The molecular formula is C12H17BrN2O3. The first-order chi connectivity index (χ1) is 8.47. The first-order valence-electron chi connectivity index (χ1n) is 5.86. The second-order valence-electron chi connectivity index (χ2n) is 4.01. The Hall–Kier alpha value is -1.30. The van der Waals surface area contributed by atoms with Crippen LogP contribution in [0.25, 0.3) is 0 Å². The lowest BCUT2D eigenvalue weighted by Gasteiger charge is -2.15. The number of carbonyl (C=O) groups is 2. The third kappa shape index (κ3) is 3.87. The van der Waals surface area contributed by atoms with Crippen molar-refractivity contribution in [3.05, 3.63) is 22.4 Å². The number of nitrogens with one attached hydrogen (secondary N) is 1. The third-order valence-corrected chi connectivity index (χ3v) is 3.12. The number of aromatic nitrogens is 1. The van der Waals surface area contributed by atoms with Crippen molar-refractivity contribution in [3.63, 3.8) is 0 Å². The van der Waals surface area contributed by atoms with Gasteiger partial charge in [0.15, 0.2) is 0 Å². The number of hydrogen-bond donors (Lipinski definition) is 2. The van der Waals surface area contributed by atoms with E-state index >= 15 is 0 Å². The van der Waals surface area contributed by atoms with Crippen molar-refractivity contribution in [1.82, 2.24) is 9.88 Å². The molecule has 0 radical (unpaired) electrons. The first-order valence-corrected chi connectivity index (χ1v) is 6.65. The van der Waals surface area contributed by atoms with E-state index in [0.717, 1.165) is 4.47 Å². The monoisotopic (exact) mass is 316 g/mol. The van der Waals surface area contributed by atoms with Crippen molar-refractivity contribution < 1.29 is 14.7 Å². The van der Waals surface area contributed by atoms with Gasteiger partial charge in [-0.2, -0.15) is 0 Å². The molecule has 5 nitrogen and oxygen atoms in total. The fourth-order valence-electron chi connectivity index (χ4n) is 1.69. The molecular weight excluding hydrogens is 300 g/mol. The maximum Gasteiger partial charge on any atom is 0.305 e. The molecule has 0 bridgehead atoms. The zero-order valence-electron chi connectivity index (χ0n) is 10.4. The molecule has 0 aliphatic rings. The molecule has 0 aromatic carbocycles. The Morgan fingerprint density at radius 1 is 1.50 bits per heavy atom. The Morgan fingerprint density at radius 2 is 2.17 bits per heavy atom. The highest BCUT2D eigenvalue weighted by Crippen LogP contribution is 2.15. The highest BCUT2D eigenvalue weighted by molar-refractivity contribution is 9.10. The quantitative estimate of drug-likeness (QED) is 0.845. The molecule has 1 atom stereocenters. The molecule has 0 saturated carbocycles. The average Bonchev–Trinajstić information content (AvgIpc) is 2.69. The summed E-state index contributed by atoms with van der Waals surface area (Å²) < 4.78 is 2.65. The van der Waals surface area contributed by atoms with Gasteiger partial charge in [0.25, 0.3) is 5.91 Å². The lowest BCUT2D eigenvalue weighted by Crippen LogP contribution is -2.37. The van der Waals surface area contributed by atoms with Gasteiger partial charge in [0.2, 0.25) is 0 Å². The van der Waals surface area contributed by atoms with Gasteiger partial charge in [-0.15, -0.1) is 0 Å². The molecule has 0 saturated heterocycles. The molecule has 1 amide bonds. The number of carbonyl (C=O) groups excluding carboxylic acids is 1. The van der Waals surface area contributed by atoms with E-state index < -0.39 is 5.97 Å². The Morgan fingerprint density at radius 3 is 2.67 bits per heavy atom. The molecule has 0 spiro atoms. The van der Waals surface area contributed by atoms with E-state index in [0.29, 0.717) is 18.7 Å². The van der Waals surface area contributed by atoms with Crippen LogP contribution in [-0.2, 0) is 11.3 Å². The van der Waals surface area contributed by atoms with Crippen LogP contribution in [-0.4, -0.2) is 27.6 Å². The smallest absolute Gasteiger partial charge is 0.305 e. The maximum atomic E-state index is 12.0. The number of carboxylic acids is 1.